The fraction of sp³-hybridized carbons (Fsp3) is 0.105. The number of ether oxygens (including phenoxy) is 1. The van der Waals surface area contributed by atoms with Crippen LogP contribution in [-0.2, 0) is 0 Å². The van der Waals surface area contributed by atoms with Crippen LogP contribution in [0.15, 0.2) is 48.5 Å². The van der Waals surface area contributed by atoms with E-state index in [-0.39, 0.29) is 5.75 Å². The minimum atomic E-state index is -0.534. The summed E-state index contributed by atoms with van der Waals surface area (Å²) >= 11 is 4.14. The number of phenols is 1. The first-order valence-electron chi connectivity index (χ1n) is 8.23. The van der Waals surface area contributed by atoms with Crippen LogP contribution >= 0.6 is 12.6 Å². The highest BCUT2D eigenvalue weighted by molar-refractivity contribution is 7.80. The van der Waals surface area contributed by atoms with Crippen molar-refractivity contribution >= 4 is 40.3 Å². The van der Waals surface area contributed by atoms with Gasteiger partial charge in [-0.25, -0.2) is 0 Å². The van der Waals surface area contributed by atoms with E-state index in [4.69, 9.17) is 10.5 Å². The van der Waals surface area contributed by atoms with Gasteiger partial charge in [-0.15, -0.1) is 15.0 Å². The Bertz CT molecular complexity index is 1170. The normalized spacial score (nSPS) is 11.1. The lowest BCUT2D eigenvalue weighted by Crippen LogP contribution is -2.10. The number of fused-ring (bicyclic) bond motifs is 2. The smallest absolute Gasteiger partial charge is 0.248 e. The molecule has 3 N–H and O–H groups in total. The van der Waals surface area contributed by atoms with Crippen LogP contribution in [0.5, 0.6) is 11.5 Å². The van der Waals surface area contributed by atoms with Crippen LogP contribution in [-0.4, -0.2) is 38.4 Å². The molecule has 8 heteroatoms. The summed E-state index contributed by atoms with van der Waals surface area (Å²) in [5, 5.41) is 20.9. The number of amides is 1. The second-order valence-corrected chi connectivity index (χ2v) is 6.43. The summed E-state index contributed by atoms with van der Waals surface area (Å²) in [5.41, 5.74) is 7.18. The average Bonchev–Trinajstić information content (AvgIpc) is 3.08. The molecule has 136 valence electrons. The minimum Gasteiger partial charge on any atom is -0.506 e. The SMILES string of the molecule is NC(=O)c1ccc2nn(-c3cc4cc(OCCS)ccc4cc3O)nc2c1. The Labute approximate surface area is 159 Å². The monoisotopic (exact) mass is 380 g/mol. The maximum absolute atomic E-state index is 11.3. The van der Waals surface area contributed by atoms with Gasteiger partial charge < -0.3 is 15.6 Å². The number of nitrogens with two attached hydrogens (primary N) is 1. The Morgan fingerprint density at radius 2 is 1.89 bits per heavy atom. The fourth-order valence-electron chi connectivity index (χ4n) is 2.84. The first-order chi connectivity index (χ1) is 13.0. The standard InChI is InChI=1S/C19H16N4O3S/c20-19(25)12-2-4-15-16(8-12)22-23(21-15)17-9-13-7-14(26-5-6-27)3-1-11(13)10-18(17)24/h1-4,7-10,24,27H,5-6H2,(H2,20,25). The number of thiol groups is 1. The van der Waals surface area contributed by atoms with Gasteiger partial charge in [-0.3, -0.25) is 4.79 Å². The zero-order valence-electron chi connectivity index (χ0n) is 14.2. The molecule has 4 aromatic rings. The van der Waals surface area contributed by atoms with Crippen molar-refractivity contribution in [2.24, 2.45) is 5.73 Å². The van der Waals surface area contributed by atoms with Gasteiger partial charge in [-0.1, -0.05) is 6.07 Å². The lowest BCUT2D eigenvalue weighted by Gasteiger charge is -2.08. The maximum atomic E-state index is 11.3. The molecule has 1 heterocycles. The number of hydrogen-bond acceptors (Lipinski definition) is 6. The lowest BCUT2D eigenvalue weighted by molar-refractivity contribution is 0.100. The van der Waals surface area contributed by atoms with Crippen molar-refractivity contribution in [1.29, 1.82) is 0 Å². The second kappa shape index (κ2) is 6.81. The molecule has 0 spiro atoms. The maximum Gasteiger partial charge on any atom is 0.248 e. The number of carbonyl (C=O) groups is 1. The lowest BCUT2D eigenvalue weighted by atomic mass is 10.1. The first-order valence-corrected chi connectivity index (χ1v) is 8.86. The topological polar surface area (TPSA) is 103 Å². The largest absolute Gasteiger partial charge is 0.506 e. The zero-order valence-corrected chi connectivity index (χ0v) is 15.1. The van der Waals surface area contributed by atoms with Crippen molar-refractivity contribution in [2.75, 3.05) is 12.4 Å². The van der Waals surface area contributed by atoms with Gasteiger partial charge in [0.2, 0.25) is 5.91 Å². The van der Waals surface area contributed by atoms with Gasteiger partial charge in [0, 0.05) is 11.3 Å². The Balaban J connectivity index is 1.80. The van der Waals surface area contributed by atoms with Gasteiger partial charge in [0.25, 0.3) is 0 Å². The highest BCUT2D eigenvalue weighted by Crippen LogP contribution is 2.30. The highest BCUT2D eigenvalue weighted by atomic mass is 32.1. The van der Waals surface area contributed by atoms with E-state index in [0.717, 1.165) is 16.5 Å². The number of nitrogens with zero attached hydrogens (tertiary/aromatic N) is 3. The number of carbonyl (C=O) groups excluding carboxylic acids is 1. The third-order valence-electron chi connectivity index (χ3n) is 4.15. The molecule has 4 rings (SSSR count). The number of benzene rings is 3. The molecule has 0 saturated heterocycles. The second-order valence-electron chi connectivity index (χ2n) is 5.98. The first kappa shape index (κ1) is 17.2. The molecule has 0 atom stereocenters. The summed E-state index contributed by atoms with van der Waals surface area (Å²) in [7, 11) is 0. The number of phenolic OH excluding ortho intramolecular Hbond substituents is 1. The van der Waals surface area contributed by atoms with Crippen LogP contribution in [0.4, 0.5) is 0 Å². The molecular weight excluding hydrogens is 364 g/mol. The van der Waals surface area contributed by atoms with Crippen LogP contribution in [0.2, 0.25) is 0 Å². The Morgan fingerprint density at radius 1 is 1.07 bits per heavy atom. The third-order valence-corrected chi connectivity index (χ3v) is 4.33. The van der Waals surface area contributed by atoms with E-state index < -0.39 is 5.91 Å². The van der Waals surface area contributed by atoms with Gasteiger partial charge in [0.05, 0.1) is 6.61 Å². The number of primary amides is 1. The fourth-order valence-corrected chi connectivity index (χ4v) is 2.93. The summed E-state index contributed by atoms with van der Waals surface area (Å²) in [5.74, 6) is 0.851. The van der Waals surface area contributed by atoms with Crippen molar-refractivity contribution in [3.8, 4) is 17.2 Å². The van der Waals surface area contributed by atoms with E-state index in [1.54, 1.807) is 30.3 Å². The van der Waals surface area contributed by atoms with Gasteiger partial charge >= 0.3 is 0 Å². The van der Waals surface area contributed by atoms with Crippen LogP contribution in [0.1, 0.15) is 10.4 Å². The molecule has 0 aliphatic heterocycles. The molecule has 0 radical (unpaired) electrons. The number of aromatic nitrogens is 3. The van der Waals surface area contributed by atoms with Crippen LogP contribution in [0.3, 0.4) is 0 Å². The van der Waals surface area contributed by atoms with Crippen LogP contribution in [0.25, 0.3) is 27.5 Å². The summed E-state index contributed by atoms with van der Waals surface area (Å²) in [6.45, 7) is 0.508. The minimum absolute atomic E-state index is 0.0435. The molecule has 7 nitrogen and oxygen atoms in total. The van der Waals surface area contributed by atoms with E-state index in [0.29, 0.717) is 34.6 Å². The van der Waals surface area contributed by atoms with Crippen molar-refractivity contribution in [3.05, 3.63) is 54.1 Å². The van der Waals surface area contributed by atoms with Crippen molar-refractivity contribution in [3.63, 3.8) is 0 Å². The van der Waals surface area contributed by atoms with Gasteiger partial charge in [-0.05, 0) is 53.2 Å². The molecule has 1 amide bonds. The summed E-state index contributed by atoms with van der Waals surface area (Å²) in [6.07, 6.45) is 0. The molecule has 3 aromatic carbocycles. The Hall–Kier alpha value is -3.26. The average molecular weight is 380 g/mol. The summed E-state index contributed by atoms with van der Waals surface area (Å²) in [4.78, 5) is 12.7. The molecular formula is C19H16N4O3S. The van der Waals surface area contributed by atoms with E-state index in [1.165, 1.54) is 4.80 Å². The predicted molar refractivity (Wildman–Crippen MR) is 106 cm³/mol. The van der Waals surface area contributed by atoms with Gasteiger partial charge in [0.15, 0.2) is 0 Å². The van der Waals surface area contributed by atoms with E-state index in [9.17, 15) is 9.90 Å². The number of hydrogen-bond donors (Lipinski definition) is 3. The third kappa shape index (κ3) is 3.26. The van der Waals surface area contributed by atoms with Gasteiger partial charge in [-0.2, -0.15) is 12.6 Å². The molecule has 0 fully saturated rings. The van der Waals surface area contributed by atoms with Crippen LogP contribution < -0.4 is 10.5 Å². The number of aromatic hydroxyl groups is 1. The quantitative estimate of drug-likeness (QED) is 0.462. The molecule has 0 aliphatic carbocycles. The zero-order chi connectivity index (χ0) is 19.0. The van der Waals surface area contributed by atoms with E-state index in [1.807, 2.05) is 18.2 Å². The van der Waals surface area contributed by atoms with E-state index in [2.05, 4.69) is 22.8 Å². The van der Waals surface area contributed by atoms with E-state index >= 15 is 0 Å². The molecule has 0 bridgehead atoms. The molecule has 27 heavy (non-hydrogen) atoms. The Morgan fingerprint density at radius 3 is 2.67 bits per heavy atom. The molecule has 1 aromatic heterocycles. The molecule has 0 unspecified atom stereocenters. The summed E-state index contributed by atoms with van der Waals surface area (Å²) in [6, 6.07) is 13.9. The molecule has 0 aliphatic rings. The predicted octanol–water partition coefficient (Wildman–Crippen LogP) is 2.69. The number of rotatable bonds is 5. The Kier molecular flexibility index (Phi) is 4.33. The molecule has 0 saturated carbocycles. The van der Waals surface area contributed by atoms with Gasteiger partial charge in [0.1, 0.15) is 28.2 Å². The van der Waals surface area contributed by atoms with Crippen molar-refractivity contribution in [1.82, 2.24) is 15.0 Å². The van der Waals surface area contributed by atoms with Crippen molar-refractivity contribution < 1.29 is 14.6 Å². The van der Waals surface area contributed by atoms with Crippen LogP contribution in [0, 0.1) is 0 Å². The summed E-state index contributed by atoms with van der Waals surface area (Å²) < 4.78 is 5.60. The van der Waals surface area contributed by atoms with Crippen molar-refractivity contribution in [2.45, 2.75) is 0 Å². The highest BCUT2D eigenvalue weighted by Gasteiger charge is 2.12.